The van der Waals surface area contributed by atoms with E-state index in [1.807, 2.05) is 12.1 Å². The third-order valence-electron chi connectivity index (χ3n) is 11.5. The third-order valence-corrected chi connectivity index (χ3v) is 11.5. The van der Waals surface area contributed by atoms with Gasteiger partial charge in [0.05, 0.1) is 16.7 Å². The Morgan fingerprint density at radius 2 is 1.09 bits per heavy atom. The number of rotatable bonds is 7. The van der Waals surface area contributed by atoms with Crippen molar-refractivity contribution in [1.29, 1.82) is 0 Å². The first-order valence-corrected chi connectivity index (χ1v) is 19.7. The number of para-hydroxylation sites is 3. The van der Waals surface area contributed by atoms with Gasteiger partial charge in [-0.25, -0.2) is 0 Å². The first kappa shape index (κ1) is 33.0. The molecule has 2 heterocycles. The number of hydrogen-bond acceptors (Lipinski definition) is 2. The Morgan fingerprint density at radius 3 is 1.89 bits per heavy atom. The molecular formula is C54H38N2O. The molecule has 0 unspecified atom stereocenters. The van der Waals surface area contributed by atoms with Gasteiger partial charge in [0.2, 0.25) is 0 Å². The molecule has 0 aliphatic heterocycles. The summed E-state index contributed by atoms with van der Waals surface area (Å²) in [6.45, 7) is 0. The van der Waals surface area contributed by atoms with Crippen LogP contribution in [-0.4, -0.2) is 4.57 Å². The Morgan fingerprint density at radius 1 is 0.456 bits per heavy atom. The Balaban J connectivity index is 1.04. The zero-order valence-corrected chi connectivity index (χ0v) is 31.3. The summed E-state index contributed by atoms with van der Waals surface area (Å²) in [4.78, 5) is 2.34. The van der Waals surface area contributed by atoms with Crippen LogP contribution in [0, 0.1) is 0 Å². The number of allylic oxidation sites excluding steroid dienone is 4. The van der Waals surface area contributed by atoms with Crippen LogP contribution in [0.3, 0.4) is 0 Å². The molecule has 0 atom stereocenters. The van der Waals surface area contributed by atoms with E-state index in [0.717, 1.165) is 63.1 Å². The Kier molecular flexibility index (Phi) is 7.96. The largest absolute Gasteiger partial charge is 0.456 e. The number of fused-ring (bicyclic) bond motifs is 6. The minimum Gasteiger partial charge on any atom is -0.456 e. The first-order chi connectivity index (χ1) is 28.3. The summed E-state index contributed by atoms with van der Waals surface area (Å²) in [6.07, 6.45) is 8.88. The van der Waals surface area contributed by atoms with Crippen LogP contribution in [0.4, 0.5) is 17.1 Å². The Labute approximate surface area is 331 Å². The number of anilines is 3. The van der Waals surface area contributed by atoms with E-state index in [-0.39, 0.29) is 0 Å². The second kappa shape index (κ2) is 13.7. The van der Waals surface area contributed by atoms with Crippen LogP contribution < -0.4 is 4.90 Å². The molecule has 0 saturated heterocycles. The van der Waals surface area contributed by atoms with Crippen LogP contribution in [0.25, 0.3) is 77.3 Å². The molecule has 0 fully saturated rings. The fourth-order valence-electron chi connectivity index (χ4n) is 8.81. The molecule has 0 spiro atoms. The van der Waals surface area contributed by atoms with Gasteiger partial charge >= 0.3 is 0 Å². The maximum Gasteiger partial charge on any atom is 0.135 e. The van der Waals surface area contributed by atoms with E-state index in [0.29, 0.717) is 0 Å². The maximum absolute atomic E-state index is 6.23. The normalized spacial score (nSPS) is 12.8. The van der Waals surface area contributed by atoms with Gasteiger partial charge in [0.25, 0.3) is 0 Å². The standard InChI is InChI=1S/C54H38N2O/c1-3-14-37(15-4-1)38-26-30-41(31-27-38)55(43-34-35-53-48(36-43)46-19-9-12-25-52(46)57-53)42-32-28-40(29-33-42)44-18-7-10-22-49(44)56-50-23-11-8-20-47(50)54-45(21-13-24-51(54)56)39-16-5-2-6-17-39/h1-5,7-16,18-36H,6,17H2. The van der Waals surface area contributed by atoms with E-state index in [4.69, 9.17) is 4.42 Å². The fraction of sp³-hybridized carbons (Fsp3) is 0.0370. The lowest BCUT2D eigenvalue weighted by Gasteiger charge is -2.26. The molecule has 57 heavy (non-hydrogen) atoms. The summed E-state index contributed by atoms with van der Waals surface area (Å²) < 4.78 is 8.69. The molecule has 3 heteroatoms. The maximum atomic E-state index is 6.23. The number of aromatic nitrogens is 1. The predicted molar refractivity (Wildman–Crippen MR) is 240 cm³/mol. The lowest BCUT2D eigenvalue weighted by molar-refractivity contribution is 0.669. The second-order valence-corrected chi connectivity index (χ2v) is 14.8. The van der Waals surface area contributed by atoms with Crippen LogP contribution in [0.15, 0.2) is 211 Å². The highest BCUT2D eigenvalue weighted by Crippen LogP contribution is 2.43. The summed E-state index contributed by atoms with van der Waals surface area (Å²) in [6, 6.07) is 67.7. The number of hydrogen-bond donors (Lipinski definition) is 0. The number of furan rings is 1. The van der Waals surface area contributed by atoms with E-state index in [1.54, 1.807) is 0 Å². The Bertz CT molecular complexity index is 3160. The van der Waals surface area contributed by atoms with Gasteiger partial charge in [-0.3, -0.25) is 0 Å². The zero-order valence-electron chi connectivity index (χ0n) is 31.3. The number of benzene rings is 8. The van der Waals surface area contributed by atoms with Crippen LogP contribution in [0.5, 0.6) is 0 Å². The van der Waals surface area contributed by atoms with Crippen LogP contribution in [-0.2, 0) is 0 Å². The monoisotopic (exact) mass is 730 g/mol. The number of nitrogens with zero attached hydrogens (tertiary/aromatic N) is 2. The minimum atomic E-state index is 0.885. The average Bonchev–Trinajstić information content (AvgIpc) is 3.83. The van der Waals surface area contributed by atoms with Gasteiger partial charge in [-0.15, -0.1) is 0 Å². The molecule has 1 aliphatic rings. The second-order valence-electron chi connectivity index (χ2n) is 14.8. The molecule has 0 N–H and O–H groups in total. The van der Waals surface area contributed by atoms with Gasteiger partial charge in [-0.05, 0) is 107 Å². The molecular weight excluding hydrogens is 693 g/mol. The van der Waals surface area contributed by atoms with Gasteiger partial charge in [-0.2, -0.15) is 0 Å². The minimum absolute atomic E-state index is 0.885. The van der Waals surface area contributed by atoms with Crippen molar-refractivity contribution in [3.8, 4) is 27.9 Å². The van der Waals surface area contributed by atoms with E-state index < -0.39 is 0 Å². The molecule has 11 rings (SSSR count). The highest BCUT2D eigenvalue weighted by molar-refractivity contribution is 6.14. The van der Waals surface area contributed by atoms with Crippen molar-refractivity contribution in [3.05, 3.63) is 212 Å². The van der Waals surface area contributed by atoms with Gasteiger partial charge in [0.1, 0.15) is 11.2 Å². The van der Waals surface area contributed by atoms with Crippen LogP contribution >= 0.6 is 0 Å². The highest BCUT2D eigenvalue weighted by atomic mass is 16.3. The van der Waals surface area contributed by atoms with Gasteiger partial charge in [0.15, 0.2) is 0 Å². The van der Waals surface area contributed by atoms with Crippen molar-refractivity contribution in [2.24, 2.45) is 0 Å². The molecule has 0 saturated carbocycles. The molecule has 1 aliphatic carbocycles. The van der Waals surface area contributed by atoms with Crippen molar-refractivity contribution in [3.63, 3.8) is 0 Å². The topological polar surface area (TPSA) is 21.3 Å². The molecule has 10 aromatic rings. The lowest BCUT2D eigenvalue weighted by Crippen LogP contribution is -2.09. The predicted octanol–water partition coefficient (Wildman–Crippen LogP) is 15.2. The van der Waals surface area contributed by atoms with Crippen molar-refractivity contribution >= 4 is 66.4 Å². The molecule has 0 amide bonds. The fourth-order valence-corrected chi connectivity index (χ4v) is 8.81. The van der Waals surface area contributed by atoms with Gasteiger partial charge < -0.3 is 13.9 Å². The molecule has 270 valence electrons. The van der Waals surface area contributed by atoms with E-state index in [1.165, 1.54) is 49.6 Å². The lowest BCUT2D eigenvalue weighted by atomic mass is 9.93. The van der Waals surface area contributed by atoms with Gasteiger partial charge in [-0.1, -0.05) is 140 Å². The van der Waals surface area contributed by atoms with Crippen molar-refractivity contribution in [2.75, 3.05) is 4.90 Å². The van der Waals surface area contributed by atoms with Crippen molar-refractivity contribution < 1.29 is 4.42 Å². The smallest absolute Gasteiger partial charge is 0.135 e. The molecule has 2 aromatic heterocycles. The quantitative estimate of drug-likeness (QED) is 0.163. The summed E-state index contributed by atoms with van der Waals surface area (Å²) in [5.41, 5.74) is 16.1. The highest BCUT2D eigenvalue weighted by Gasteiger charge is 2.20. The van der Waals surface area contributed by atoms with E-state index in [2.05, 4.69) is 204 Å². The summed E-state index contributed by atoms with van der Waals surface area (Å²) in [5.74, 6) is 0. The molecule has 8 aromatic carbocycles. The first-order valence-electron chi connectivity index (χ1n) is 19.7. The van der Waals surface area contributed by atoms with E-state index >= 15 is 0 Å². The van der Waals surface area contributed by atoms with Crippen LogP contribution in [0.1, 0.15) is 18.4 Å². The SMILES string of the molecule is C1=CCCC(c2cccc3c2c2ccccc2n3-c2ccccc2-c2ccc(N(c3ccc(-c4ccccc4)cc3)c3ccc4oc5ccccc5c4c3)cc2)=C1. The van der Waals surface area contributed by atoms with Crippen LogP contribution in [0.2, 0.25) is 0 Å². The van der Waals surface area contributed by atoms with Gasteiger partial charge in [0, 0.05) is 44.2 Å². The van der Waals surface area contributed by atoms with E-state index in [9.17, 15) is 0 Å². The molecule has 0 bridgehead atoms. The molecule has 0 radical (unpaired) electrons. The average molecular weight is 731 g/mol. The van der Waals surface area contributed by atoms with Crippen molar-refractivity contribution in [2.45, 2.75) is 12.8 Å². The van der Waals surface area contributed by atoms with Crippen molar-refractivity contribution in [1.82, 2.24) is 4.57 Å². The Hall–Kier alpha value is -7.36. The molecule has 3 nitrogen and oxygen atoms in total. The summed E-state index contributed by atoms with van der Waals surface area (Å²) in [5, 5.41) is 4.81. The summed E-state index contributed by atoms with van der Waals surface area (Å²) in [7, 11) is 0. The zero-order chi connectivity index (χ0) is 37.7. The third kappa shape index (κ3) is 5.67. The summed E-state index contributed by atoms with van der Waals surface area (Å²) >= 11 is 0.